The van der Waals surface area contributed by atoms with E-state index in [0.29, 0.717) is 5.82 Å². The smallest absolute Gasteiger partial charge is 0.230 e. The van der Waals surface area contributed by atoms with Crippen LogP contribution in [0.25, 0.3) is 0 Å². The number of rotatable bonds is 3. The molecule has 6 heteroatoms. The van der Waals surface area contributed by atoms with Crippen molar-refractivity contribution in [3.8, 4) is 0 Å². The first-order valence-electron chi connectivity index (χ1n) is 7.10. The number of allylic oxidation sites excluding steroid dienone is 2. The summed E-state index contributed by atoms with van der Waals surface area (Å²) in [4.78, 5) is 24.0. The summed E-state index contributed by atoms with van der Waals surface area (Å²) in [6.07, 6.45) is 3.03. The molecule has 2 aliphatic carbocycles. The van der Waals surface area contributed by atoms with E-state index in [2.05, 4.69) is 15.0 Å². The van der Waals surface area contributed by atoms with Crippen molar-refractivity contribution >= 4 is 17.7 Å². The Kier molecular flexibility index (Phi) is 3.31. The molecule has 1 aromatic rings. The number of carbonyl (C=O) groups is 2. The lowest BCUT2D eigenvalue weighted by molar-refractivity contribution is -0.314. The monoisotopic (exact) mass is 289 g/mol. The van der Waals surface area contributed by atoms with Gasteiger partial charge in [-0.3, -0.25) is 4.79 Å². The number of hydrogen-bond acceptors (Lipinski definition) is 5. The first-order valence-corrected chi connectivity index (χ1v) is 7.10. The van der Waals surface area contributed by atoms with Crippen molar-refractivity contribution in [3.63, 3.8) is 0 Å². The van der Waals surface area contributed by atoms with Gasteiger partial charge in [0.25, 0.3) is 0 Å². The normalized spacial score (nSPS) is 30.5. The molecular formula is C15H17N2O4-. The Labute approximate surface area is 122 Å². The van der Waals surface area contributed by atoms with Gasteiger partial charge in [0.05, 0.1) is 5.92 Å². The largest absolute Gasteiger partial charge is 0.550 e. The van der Waals surface area contributed by atoms with Crippen molar-refractivity contribution < 1.29 is 19.2 Å². The lowest BCUT2D eigenvalue weighted by atomic mass is 9.79. The van der Waals surface area contributed by atoms with Crippen LogP contribution in [0.2, 0.25) is 0 Å². The lowest BCUT2D eigenvalue weighted by Gasteiger charge is -2.29. The molecule has 4 atom stereocenters. The second kappa shape index (κ2) is 5.02. The fourth-order valence-electron chi connectivity index (χ4n) is 4.08. The van der Waals surface area contributed by atoms with Gasteiger partial charge < -0.3 is 19.7 Å². The standard InChI is InChI=1S/C15H18N2O4/c1-7(2)11-8-3-4-9(11)13(15(19)20)12(8)14(18)16-10-5-6-21-17-10/h5-6,8-9,12-13H,3-4H2,1-2H3,(H,19,20)(H,16,17,18)/p-1/t8-,9-,12+,13-/m0/s1. The number of anilines is 1. The van der Waals surface area contributed by atoms with Crippen molar-refractivity contribution in [2.45, 2.75) is 26.7 Å². The lowest BCUT2D eigenvalue weighted by Crippen LogP contribution is -2.44. The summed E-state index contributed by atoms with van der Waals surface area (Å²) in [6, 6.07) is 1.53. The maximum atomic E-state index is 12.5. The summed E-state index contributed by atoms with van der Waals surface area (Å²) in [5.74, 6) is -2.56. The summed E-state index contributed by atoms with van der Waals surface area (Å²) in [5, 5.41) is 17.8. The first kappa shape index (κ1) is 13.9. The number of fused-ring (bicyclic) bond motifs is 2. The molecule has 3 rings (SSSR count). The molecule has 6 nitrogen and oxygen atoms in total. The summed E-state index contributed by atoms with van der Waals surface area (Å²) < 4.78 is 4.67. The van der Waals surface area contributed by atoms with Gasteiger partial charge in [-0.1, -0.05) is 16.3 Å². The van der Waals surface area contributed by atoms with Gasteiger partial charge >= 0.3 is 0 Å². The summed E-state index contributed by atoms with van der Waals surface area (Å²) in [7, 11) is 0. The van der Waals surface area contributed by atoms with E-state index in [1.165, 1.54) is 12.3 Å². The van der Waals surface area contributed by atoms with Crippen LogP contribution in [-0.4, -0.2) is 17.0 Å². The highest BCUT2D eigenvalue weighted by atomic mass is 16.5. The van der Waals surface area contributed by atoms with E-state index < -0.39 is 17.8 Å². The van der Waals surface area contributed by atoms with Crippen LogP contribution in [0.15, 0.2) is 28.0 Å². The first-order chi connectivity index (χ1) is 10.0. The SMILES string of the molecule is CC(C)=C1[C@@H]2CC[C@@H]1[C@@H](C(=O)Nc1ccon1)[C@H]2C(=O)[O-]. The van der Waals surface area contributed by atoms with Crippen LogP contribution in [0.3, 0.4) is 0 Å². The zero-order valence-electron chi connectivity index (χ0n) is 12.0. The number of nitrogens with zero attached hydrogens (tertiary/aromatic N) is 1. The van der Waals surface area contributed by atoms with Gasteiger partial charge in [0.2, 0.25) is 5.91 Å². The molecule has 112 valence electrons. The molecule has 0 aliphatic heterocycles. The number of nitrogens with one attached hydrogen (secondary N) is 1. The van der Waals surface area contributed by atoms with Gasteiger partial charge in [0, 0.05) is 18.0 Å². The molecule has 1 heterocycles. The van der Waals surface area contributed by atoms with Gasteiger partial charge in [-0.25, -0.2) is 0 Å². The van der Waals surface area contributed by atoms with Gasteiger partial charge in [0.1, 0.15) is 6.26 Å². The van der Waals surface area contributed by atoms with E-state index >= 15 is 0 Å². The van der Waals surface area contributed by atoms with Crippen LogP contribution in [0.1, 0.15) is 26.7 Å². The number of aliphatic carboxylic acids is 1. The van der Waals surface area contributed by atoms with Crippen LogP contribution < -0.4 is 10.4 Å². The van der Waals surface area contributed by atoms with Gasteiger partial charge in [-0.15, -0.1) is 0 Å². The number of carbonyl (C=O) groups excluding carboxylic acids is 2. The maximum Gasteiger partial charge on any atom is 0.230 e. The van der Waals surface area contributed by atoms with Crippen molar-refractivity contribution in [1.29, 1.82) is 0 Å². The topological polar surface area (TPSA) is 95.3 Å². The molecule has 2 saturated carbocycles. The van der Waals surface area contributed by atoms with E-state index in [-0.39, 0.29) is 17.7 Å². The number of hydrogen-bond donors (Lipinski definition) is 1. The molecule has 2 fully saturated rings. The minimum Gasteiger partial charge on any atom is -0.550 e. The van der Waals surface area contributed by atoms with Crippen molar-refractivity contribution in [2.24, 2.45) is 23.7 Å². The minimum absolute atomic E-state index is 0.00481. The third kappa shape index (κ3) is 2.14. The second-order valence-corrected chi connectivity index (χ2v) is 5.99. The predicted octanol–water partition coefficient (Wildman–Crippen LogP) is 0.972. The van der Waals surface area contributed by atoms with Crippen LogP contribution in [-0.2, 0) is 9.59 Å². The third-order valence-electron chi connectivity index (χ3n) is 4.68. The minimum atomic E-state index is -1.14. The predicted molar refractivity (Wildman–Crippen MR) is 71.7 cm³/mol. The van der Waals surface area contributed by atoms with Crippen LogP contribution in [0.4, 0.5) is 5.82 Å². The zero-order chi connectivity index (χ0) is 15.1. The Balaban J connectivity index is 1.91. The van der Waals surface area contributed by atoms with Gasteiger partial charge in [-0.2, -0.15) is 0 Å². The third-order valence-corrected chi connectivity index (χ3v) is 4.68. The van der Waals surface area contributed by atoms with E-state index in [0.717, 1.165) is 24.0 Å². The fraction of sp³-hybridized carbons (Fsp3) is 0.533. The molecule has 2 aliphatic rings. The summed E-state index contributed by atoms with van der Waals surface area (Å²) >= 11 is 0. The fourth-order valence-corrected chi connectivity index (χ4v) is 4.08. The molecular weight excluding hydrogens is 272 g/mol. The molecule has 21 heavy (non-hydrogen) atoms. The van der Waals surface area contributed by atoms with Crippen molar-refractivity contribution in [2.75, 3.05) is 5.32 Å². The number of amides is 1. The van der Waals surface area contributed by atoms with Crippen LogP contribution in [0, 0.1) is 23.7 Å². The average Bonchev–Trinajstić information content (AvgIpc) is 3.11. The van der Waals surface area contributed by atoms with Crippen LogP contribution in [0.5, 0.6) is 0 Å². The van der Waals surface area contributed by atoms with E-state index in [1.54, 1.807) is 0 Å². The Morgan fingerprint density at radius 3 is 2.48 bits per heavy atom. The molecule has 0 spiro atoms. The second-order valence-electron chi connectivity index (χ2n) is 5.99. The zero-order valence-corrected chi connectivity index (χ0v) is 12.0. The number of carboxylic acid groups (broad SMARTS) is 1. The Bertz CT molecular complexity index is 601. The highest BCUT2D eigenvalue weighted by Crippen LogP contribution is 2.57. The van der Waals surface area contributed by atoms with E-state index in [9.17, 15) is 14.7 Å². The summed E-state index contributed by atoms with van der Waals surface area (Å²) in [6.45, 7) is 3.95. The van der Waals surface area contributed by atoms with E-state index in [4.69, 9.17) is 0 Å². The van der Waals surface area contributed by atoms with Gasteiger partial charge in [-0.05, 0) is 38.5 Å². The molecule has 1 aromatic heterocycles. The molecule has 2 bridgehead atoms. The Morgan fingerprint density at radius 2 is 1.95 bits per heavy atom. The van der Waals surface area contributed by atoms with Crippen LogP contribution >= 0.6 is 0 Å². The van der Waals surface area contributed by atoms with E-state index in [1.807, 2.05) is 13.8 Å². The van der Waals surface area contributed by atoms with Gasteiger partial charge in [0.15, 0.2) is 5.82 Å². The highest BCUT2D eigenvalue weighted by Gasteiger charge is 2.54. The average molecular weight is 289 g/mol. The molecule has 1 N–H and O–H groups in total. The van der Waals surface area contributed by atoms with Crippen molar-refractivity contribution in [1.82, 2.24) is 5.16 Å². The molecule has 0 saturated heterocycles. The molecule has 0 radical (unpaired) electrons. The highest BCUT2D eigenvalue weighted by molar-refractivity contribution is 5.95. The molecule has 0 aromatic carbocycles. The Morgan fingerprint density at radius 1 is 1.29 bits per heavy atom. The number of carboxylic acids is 1. The Hall–Kier alpha value is -2.11. The molecule has 0 unspecified atom stereocenters. The van der Waals surface area contributed by atoms with Crippen molar-refractivity contribution in [3.05, 3.63) is 23.5 Å². The summed E-state index contributed by atoms with van der Waals surface area (Å²) in [5.41, 5.74) is 2.25. The quantitative estimate of drug-likeness (QED) is 0.837. The number of aromatic nitrogens is 1. The molecule has 1 amide bonds. The maximum absolute atomic E-state index is 12.5.